The van der Waals surface area contributed by atoms with Crippen LogP contribution in [0.5, 0.6) is 0 Å². The molecule has 0 spiro atoms. The Hall–Kier alpha value is -2.96. The molecule has 1 aromatic carbocycles. The monoisotopic (exact) mass is 416 g/mol. The lowest BCUT2D eigenvalue weighted by Crippen LogP contribution is -2.38. The Morgan fingerprint density at radius 3 is 2.86 bits per heavy atom. The summed E-state index contributed by atoms with van der Waals surface area (Å²) in [4.78, 5) is 20.3. The first-order chi connectivity index (χ1) is 14.3. The number of thiophene rings is 1. The van der Waals surface area contributed by atoms with Crippen molar-refractivity contribution < 1.29 is 4.42 Å². The molecular formula is C23H16N2O2S2. The molecule has 1 unspecified atom stereocenters. The molecule has 1 atom stereocenters. The van der Waals surface area contributed by atoms with Crippen LogP contribution < -0.4 is 14.9 Å². The van der Waals surface area contributed by atoms with E-state index in [2.05, 4.69) is 41.8 Å². The molecule has 4 aromatic rings. The summed E-state index contributed by atoms with van der Waals surface area (Å²) in [6.45, 7) is 0. The average molecular weight is 417 g/mol. The van der Waals surface area contributed by atoms with Crippen molar-refractivity contribution >= 4 is 34.4 Å². The molecule has 1 aliphatic heterocycles. The van der Waals surface area contributed by atoms with Gasteiger partial charge in [-0.25, -0.2) is 4.99 Å². The van der Waals surface area contributed by atoms with Gasteiger partial charge >= 0.3 is 0 Å². The maximum atomic E-state index is 13.4. The van der Waals surface area contributed by atoms with Crippen LogP contribution in [-0.4, -0.2) is 4.57 Å². The van der Waals surface area contributed by atoms with E-state index in [0.29, 0.717) is 10.3 Å². The molecule has 6 rings (SSSR count). The molecule has 2 aliphatic rings. The minimum absolute atomic E-state index is 0.00559. The van der Waals surface area contributed by atoms with Gasteiger partial charge in [-0.15, -0.1) is 11.3 Å². The molecule has 4 heterocycles. The summed E-state index contributed by atoms with van der Waals surface area (Å²) >= 11 is 3.12. The van der Waals surface area contributed by atoms with Crippen LogP contribution >= 0.6 is 22.7 Å². The number of fused-ring (bicyclic) bond motifs is 3. The minimum atomic E-state index is -0.0895. The summed E-state index contributed by atoms with van der Waals surface area (Å²) in [5, 5.41) is 2.07. The number of benzene rings is 1. The number of nitrogens with zero attached hydrogens (tertiary/aromatic N) is 2. The highest BCUT2D eigenvalue weighted by Crippen LogP contribution is 2.42. The van der Waals surface area contributed by atoms with Crippen molar-refractivity contribution in [1.29, 1.82) is 0 Å². The molecule has 1 aliphatic carbocycles. The Labute approximate surface area is 174 Å². The highest BCUT2D eigenvalue weighted by atomic mass is 32.1. The zero-order chi connectivity index (χ0) is 19.4. The van der Waals surface area contributed by atoms with Crippen molar-refractivity contribution in [2.75, 3.05) is 0 Å². The van der Waals surface area contributed by atoms with Crippen molar-refractivity contribution in [2.45, 2.75) is 18.9 Å². The van der Waals surface area contributed by atoms with E-state index in [1.807, 2.05) is 22.8 Å². The molecule has 0 N–H and O–H groups in total. The van der Waals surface area contributed by atoms with Gasteiger partial charge in [0.1, 0.15) is 5.76 Å². The Bertz CT molecular complexity index is 1420. The van der Waals surface area contributed by atoms with Gasteiger partial charge in [0.05, 0.1) is 22.5 Å². The van der Waals surface area contributed by atoms with E-state index in [0.717, 1.165) is 23.3 Å². The highest BCUT2D eigenvalue weighted by molar-refractivity contribution is 7.10. The molecule has 0 amide bonds. The summed E-state index contributed by atoms with van der Waals surface area (Å²) in [6.07, 6.45) is 5.32. The predicted octanol–water partition coefficient (Wildman–Crippen LogP) is 3.97. The van der Waals surface area contributed by atoms with Gasteiger partial charge in [-0.05, 0) is 47.6 Å². The van der Waals surface area contributed by atoms with Gasteiger partial charge in [0.25, 0.3) is 5.56 Å². The Kier molecular flexibility index (Phi) is 3.82. The lowest BCUT2D eigenvalue weighted by atomic mass is 9.85. The number of thiazole rings is 1. The molecule has 0 saturated carbocycles. The maximum Gasteiger partial charge on any atom is 0.271 e. The zero-order valence-electron chi connectivity index (χ0n) is 15.4. The smallest absolute Gasteiger partial charge is 0.271 e. The second kappa shape index (κ2) is 6.54. The summed E-state index contributed by atoms with van der Waals surface area (Å²) in [5.41, 5.74) is 4.79. The zero-order valence-corrected chi connectivity index (χ0v) is 17.0. The fraction of sp³-hybridized carbons (Fsp3) is 0.130. The highest BCUT2D eigenvalue weighted by Gasteiger charge is 2.32. The third kappa shape index (κ3) is 2.63. The normalized spacial score (nSPS) is 18.2. The number of furan rings is 1. The van der Waals surface area contributed by atoms with Crippen LogP contribution in [0.15, 0.2) is 80.0 Å². The number of allylic oxidation sites excluding steroid dienone is 1. The van der Waals surface area contributed by atoms with Crippen LogP contribution in [0.1, 0.15) is 34.2 Å². The third-order valence-corrected chi connectivity index (χ3v) is 7.41. The van der Waals surface area contributed by atoms with Crippen molar-refractivity contribution in [3.05, 3.63) is 107 Å². The minimum Gasteiger partial charge on any atom is -0.465 e. The molecule has 0 radical (unpaired) electrons. The number of aromatic nitrogens is 1. The molecule has 0 fully saturated rings. The number of rotatable bonds is 2. The van der Waals surface area contributed by atoms with E-state index in [4.69, 9.17) is 9.41 Å². The number of hydrogen-bond donors (Lipinski definition) is 0. The first kappa shape index (κ1) is 16.9. The van der Waals surface area contributed by atoms with Crippen molar-refractivity contribution in [1.82, 2.24) is 4.57 Å². The van der Waals surface area contributed by atoms with Crippen LogP contribution in [0.25, 0.3) is 11.8 Å². The standard InChI is InChI=1S/C23H16N2O2S2/c26-22-19(13-15-6-3-11-27-15)29-23-24-20-16-7-2-1-5-14(16)9-10-17(20)21(25(22)23)18-8-4-12-28-18/h1-8,11-13,21H,9-10H2/b19-13+. The van der Waals surface area contributed by atoms with E-state index >= 15 is 0 Å². The van der Waals surface area contributed by atoms with Crippen molar-refractivity contribution in [3.8, 4) is 0 Å². The number of hydrogen-bond acceptors (Lipinski definition) is 5. The van der Waals surface area contributed by atoms with Gasteiger partial charge in [0.15, 0.2) is 4.80 Å². The largest absolute Gasteiger partial charge is 0.465 e. The van der Waals surface area contributed by atoms with Crippen LogP contribution in [0, 0.1) is 0 Å². The van der Waals surface area contributed by atoms with Crippen LogP contribution in [-0.2, 0) is 6.42 Å². The molecule has 0 bridgehead atoms. The van der Waals surface area contributed by atoms with Crippen LogP contribution in [0.2, 0.25) is 0 Å². The molecule has 6 heteroatoms. The van der Waals surface area contributed by atoms with Gasteiger partial charge in [0, 0.05) is 16.5 Å². The van der Waals surface area contributed by atoms with Crippen LogP contribution in [0.3, 0.4) is 0 Å². The van der Waals surface area contributed by atoms with E-state index in [1.54, 1.807) is 17.6 Å². The summed E-state index contributed by atoms with van der Waals surface area (Å²) in [6, 6.07) is 16.2. The van der Waals surface area contributed by atoms with E-state index < -0.39 is 0 Å². The number of aryl methyl sites for hydroxylation is 1. The lowest BCUT2D eigenvalue weighted by molar-refractivity contribution is 0.556. The second-order valence-electron chi connectivity index (χ2n) is 7.14. The molecule has 142 valence electrons. The first-order valence-electron chi connectivity index (χ1n) is 9.49. The fourth-order valence-corrected chi connectivity index (χ4v) is 6.05. The van der Waals surface area contributed by atoms with Gasteiger partial charge in [-0.2, -0.15) is 0 Å². The third-order valence-electron chi connectivity index (χ3n) is 5.50. The molecular weight excluding hydrogens is 400 g/mol. The Morgan fingerprint density at radius 2 is 2.03 bits per heavy atom. The average Bonchev–Trinajstić information content (AvgIpc) is 3.50. The molecule has 3 aromatic heterocycles. The van der Waals surface area contributed by atoms with Gasteiger partial charge in [-0.1, -0.05) is 41.7 Å². The van der Waals surface area contributed by atoms with Crippen molar-refractivity contribution in [2.24, 2.45) is 4.99 Å². The Morgan fingerprint density at radius 1 is 1.10 bits per heavy atom. The first-order valence-corrected chi connectivity index (χ1v) is 11.2. The Balaban J connectivity index is 1.66. The van der Waals surface area contributed by atoms with Gasteiger partial charge in [-0.3, -0.25) is 9.36 Å². The van der Waals surface area contributed by atoms with Gasteiger partial charge < -0.3 is 4.42 Å². The van der Waals surface area contributed by atoms with Crippen molar-refractivity contribution in [3.63, 3.8) is 0 Å². The van der Waals surface area contributed by atoms with E-state index in [-0.39, 0.29) is 11.6 Å². The SMILES string of the molecule is O=c1/c(=C\c2ccco2)sc2n1C(c1cccs1)C1=C(N=2)c2ccccc2CC1. The summed E-state index contributed by atoms with van der Waals surface area (Å²) in [5.74, 6) is 0.678. The van der Waals surface area contributed by atoms with Crippen LogP contribution in [0.4, 0.5) is 0 Å². The quantitative estimate of drug-likeness (QED) is 0.496. The molecule has 29 heavy (non-hydrogen) atoms. The maximum absolute atomic E-state index is 13.4. The molecule has 0 saturated heterocycles. The van der Waals surface area contributed by atoms with Gasteiger partial charge in [0.2, 0.25) is 0 Å². The topological polar surface area (TPSA) is 47.5 Å². The van der Waals surface area contributed by atoms with E-state index in [1.165, 1.54) is 32.9 Å². The lowest BCUT2D eigenvalue weighted by Gasteiger charge is -2.30. The predicted molar refractivity (Wildman–Crippen MR) is 116 cm³/mol. The fourth-order valence-electron chi connectivity index (χ4n) is 4.22. The summed E-state index contributed by atoms with van der Waals surface area (Å²) in [7, 11) is 0. The second-order valence-corrected chi connectivity index (χ2v) is 9.13. The summed E-state index contributed by atoms with van der Waals surface area (Å²) < 4.78 is 7.95. The molecule has 4 nitrogen and oxygen atoms in total. The van der Waals surface area contributed by atoms with E-state index in [9.17, 15) is 4.79 Å².